The minimum Gasteiger partial charge on any atom is -0.463 e. The highest BCUT2D eigenvalue weighted by Crippen LogP contribution is 2.35. The first-order valence-electron chi connectivity index (χ1n) is 11.7. The molecule has 0 spiro atoms. The molecule has 1 aliphatic heterocycles. The van der Waals surface area contributed by atoms with Crippen LogP contribution in [0.3, 0.4) is 0 Å². The molecule has 1 fully saturated rings. The maximum absolute atomic E-state index is 13.0. The van der Waals surface area contributed by atoms with Gasteiger partial charge in [-0.1, -0.05) is 33.8 Å². The van der Waals surface area contributed by atoms with E-state index in [1.165, 1.54) is 0 Å². The fraction of sp³-hybridized carbons (Fsp3) is 0.640. The smallest absolute Gasteiger partial charge is 0.315 e. The second-order valence-electron chi connectivity index (χ2n) is 10.1. The largest absolute Gasteiger partial charge is 0.463 e. The minimum absolute atomic E-state index is 0.0594. The number of piperazine rings is 1. The van der Waals surface area contributed by atoms with Gasteiger partial charge >= 0.3 is 6.02 Å². The zero-order valence-electron chi connectivity index (χ0n) is 21.0. The highest BCUT2D eigenvalue weighted by atomic mass is 16.5. The average molecular weight is 457 g/mol. The topological polar surface area (TPSA) is 83.3 Å². The average Bonchev–Trinajstić information content (AvgIpc) is 2.80. The number of anilines is 1. The van der Waals surface area contributed by atoms with E-state index in [1.807, 2.05) is 24.0 Å². The van der Waals surface area contributed by atoms with Crippen LogP contribution in [0.5, 0.6) is 0 Å². The number of carbonyl (C=O) groups excluding carboxylic acids is 1. The van der Waals surface area contributed by atoms with E-state index in [0.717, 1.165) is 38.3 Å². The molecule has 0 aromatic carbocycles. The quantitative estimate of drug-likeness (QED) is 0.386. The Labute approximate surface area is 198 Å². The van der Waals surface area contributed by atoms with Crippen LogP contribution >= 0.6 is 0 Å². The summed E-state index contributed by atoms with van der Waals surface area (Å²) < 4.78 is 5.64. The molecule has 8 heteroatoms. The molecule has 1 amide bonds. The minimum atomic E-state index is -0.0594. The van der Waals surface area contributed by atoms with Crippen LogP contribution in [0.25, 0.3) is 0 Å². The molecule has 0 saturated carbocycles. The second-order valence-corrected chi connectivity index (χ2v) is 10.1. The fourth-order valence-electron chi connectivity index (χ4n) is 3.70. The molecule has 0 aliphatic carbocycles. The van der Waals surface area contributed by atoms with Gasteiger partial charge in [-0.25, -0.2) is 20.0 Å². The summed E-state index contributed by atoms with van der Waals surface area (Å²) >= 11 is 0. The lowest BCUT2D eigenvalue weighted by molar-refractivity contribution is -0.133. The van der Waals surface area contributed by atoms with E-state index >= 15 is 0 Å². The van der Waals surface area contributed by atoms with E-state index in [4.69, 9.17) is 4.74 Å². The van der Waals surface area contributed by atoms with Gasteiger partial charge in [-0.2, -0.15) is 0 Å². The molecule has 1 aliphatic rings. The summed E-state index contributed by atoms with van der Waals surface area (Å²) in [4.78, 5) is 33.6. The van der Waals surface area contributed by atoms with E-state index in [-0.39, 0.29) is 16.7 Å². The van der Waals surface area contributed by atoms with Crippen LogP contribution in [0.1, 0.15) is 60.3 Å². The molecule has 0 unspecified atom stereocenters. The van der Waals surface area contributed by atoms with E-state index in [1.54, 1.807) is 18.6 Å². The number of ether oxygens (including phenoxy) is 1. The summed E-state index contributed by atoms with van der Waals surface area (Å²) in [6, 6.07) is 2.11. The second kappa shape index (κ2) is 12.5. The number of allylic oxidation sites excluding steroid dienone is 1. The first kappa shape index (κ1) is 26.5. The Morgan fingerprint density at radius 2 is 1.73 bits per heavy atom. The Hall–Kier alpha value is -2.77. The number of rotatable bonds is 10. The Kier molecular flexibility index (Phi) is 10.0. The van der Waals surface area contributed by atoms with Crippen molar-refractivity contribution in [1.82, 2.24) is 14.9 Å². The zero-order chi connectivity index (χ0) is 24.3. The molecule has 2 heterocycles. The van der Waals surface area contributed by atoms with Gasteiger partial charge in [0.25, 0.3) is 0 Å². The SMILES string of the molecule is C=NC(=N/C=C\C)OCCC(C)(C)CCC(C)(C)CC(=O)N1CCN(c2ncccn2)CC1. The van der Waals surface area contributed by atoms with Crippen molar-refractivity contribution in [2.24, 2.45) is 20.8 Å². The van der Waals surface area contributed by atoms with Gasteiger partial charge in [-0.05, 0) is 49.8 Å². The van der Waals surface area contributed by atoms with Crippen molar-refractivity contribution in [3.63, 3.8) is 0 Å². The molecule has 0 radical (unpaired) electrons. The summed E-state index contributed by atoms with van der Waals surface area (Å²) in [5.41, 5.74) is 0.0323. The molecule has 33 heavy (non-hydrogen) atoms. The van der Waals surface area contributed by atoms with Gasteiger partial charge in [0.2, 0.25) is 11.9 Å². The van der Waals surface area contributed by atoms with Crippen molar-refractivity contribution in [2.75, 3.05) is 37.7 Å². The Morgan fingerprint density at radius 3 is 2.33 bits per heavy atom. The lowest BCUT2D eigenvalue weighted by Crippen LogP contribution is -2.50. The zero-order valence-corrected chi connectivity index (χ0v) is 21.0. The van der Waals surface area contributed by atoms with Gasteiger partial charge < -0.3 is 14.5 Å². The summed E-state index contributed by atoms with van der Waals surface area (Å²) in [5, 5.41) is 0. The molecular formula is C25H40N6O2. The van der Waals surface area contributed by atoms with Crippen molar-refractivity contribution >= 4 is 24.6 Å². The maximum Gasteiger partial charge on any atom is 0.315 e. The number of carbonyl (C=O) groups is 1. The van der Waals surface area contributed by atoms with Crippen molar-refractivity contribution in [3.8, 4) is 0 Å². The van der Waals surface area contributed by atoms with Crippen LogP contribution in [-0.2, 0) is 9.53 Å². The predicted octanol–water partition coefficient (Wildman–Crippen LogP) is 4.34. The predicted molar refractivity (Wildman–Crippen MR) is 135 cm³/mol. The first-order valence-corrected chi connectivity index (χ1v) is 11.7. The Balaban J connectivity index is 1.75. The number of amidine groups is 1. The van der Waals surface area contributed by atoms with Crippen LogP contribution in [0.2, 0.25) is 0 Å². The summed E-state index contributed by atoms with van der Waals surface area (Å²) in [7, 11) is 0. The highest BCUT2D eigenvalue weighted by Gasteiger charge is 2.30. The van der Waals surface area contributed by atoms with Gasteiger partial charge in [0.1, 0.15) is 0 Å². The van der Waals surface area contributed by atoms with Gasteiger partial charge in [0, 0.05) is 51.2 Å². The lowest BCUT2D eigenvalue weighted by atomic mass is 9.76. The van der Waals surface area contributed by atoms with E-state index in [2.05, 4.69) is 59.3 Å². The Morgan fingerprint density at radius 1 is 1.09 bits per heavy atom. The molecule has 1 aromatic heterocycles. The van der Waals surface area contributed by atoms with Crippen LogP contribution in [0, 0.1) is 10.8 Å². The fourth-order valence-corrected chi connectivity index (χ4v) is 3.70. The summed E-state index contributed by atoms with van der Waals surface area (Å²) in [6.45, 7) is 17.7. The van der Waals surface area contributed by atoms with Crippen molar-refractivity contribution in [3.05, 3.63) is 30.7 Å². The van der Waals surface area contributed by atoms with Crippen LogP contribution in [0.4, 0.5) is 5.95 Å². The highest BCUT2D eigenvalue weighted by molar-refractivity contribution is 5.79. The van der Waals surface area contributed by atoms with Crippen molar-refractivity contribution in [2.45, 2.75) is 60.3 Å². The van der Waals surface area contributed by atoms with Crippen molar-refractivity contribution in [1.29, 1.82) is 0 Å². The van der Waals surface area contributed by atoms with Gasteiger partial charge in [0.15, 0.2) is 0 Å². The third-order valence-electron chi connectivity index (χ3n) is 6.06. The molecular weight excluding hydrogens is 416 g/mol. The van der Waals surface area contributed by atoms with Gasteiger partial charge in [0.05, 0.1) is 6.61 Å². The third-order valence-corrected chi connectivity index (χ3v) is 6.06. The molecule has 182 valence electrons. The monoisotopic (exact) mass is 456 g/mol. The number of hydrogen-bond acceptors (Lipinski definition) is 6. The molecule has 0 N–H and O–H groups in total. The molecule has 1 aromatic rings. The number of aliphatic imine (C=N–C) groups is 2. The number of aromatic nitrogens is 2. The summed E-state index contributed by atoms with van der Waals surface area (Å²) in [5.74, 6) is 0.969. The van der Waals surface area contributed by atoms with Crippen LogP contribution in [-0.4, -0.2) is 66.3 Å². The molecule has 2 rings (SSSR count). The normalized spacial score (nSPS) is 15.7. The van der Waals surface area contributed by atoms with Crippen molar-refractivity contribution < 1.29 is 9.53 Å². The number of nitrogens with zero attached hydrogens (tertiary/aromatic N) is 6. The van der Waals surface area contributed by atoms with Crippen LogP contribution in [0.15, 0.2) is 40.7 Å². The summed E-state index contributed by atoms with van der Waals surface area (Å²) in [6.07, 6.45) is 10.4. The molecule has 0 bridgehead atoms. The lowest BCUT2D eigenvalue weighted by Gasteiger charge is -2.37. The van der Waals surface area contributed by atoms with Crippen LogP contribution < -0.4 is 4.90 Å². The van der Waals surface area contributed by atoms with E-state index in [0.29, 0.717) is 32.1 Å². The van der Waals surface area contributed by atoms with Gasteiger partial charge in [-0.3, -0.25) is 4.79 Å². The standard InChI is InChI=1S/C25H40N6O2/c1-7-12-29-23(26-6)33-19-11-24(2,3)9-10-25(4,5)20-21(32)30-15-17-31(18-16-30)22-27-13-8-14-28-22/h7-8,12-14H,6,9-11,15-20H2,1-5H3/b12-7-,29-23?. The molecule has 0 atom stereocenters. The van der Waals surface area contributed by atoms with Gasteiger partial charge in [-0.15, -0.1) is 0 Å². The number of hydrogen-bond donors (Lipinski definition) is 0. The first-order chi connectivity index (χ1) is 15.7. The van der Waals surface area contributed by atoms with E-state index < -0.39 is 0 Å². The van der Waals surface area contributed by atoms with E-state index in [9.17, 15) is 4.79 Å². The maximum atomic E-state index is 13.0. The Bertz CT molecular complexity index is 811. The number of amides is 1. The molecule has 1 saturated heterocycles. The third kappa shape index (κ3) is 9.32. The molecule has 8 nitrogen and oxygen atoms in total.